The lowest BCUT2D eigenvalue weighted by molar-refractivity contribution is 0.0246. The first-order chi connectivity index (χ1) is 14.4. The summed E-state index contributed by atoms with van der Waals surface area (Å²) in [5, 5.41) is 20.1. The molecule has 30 heavy (non-hydrogen) atoms. The van der Waals surface area contributed by atoms with E-state index in [1.165, 1.54) is 11.3 Å². The van der Waals surface area contributed by atoms with Crippen LogP contribution in [-0.2, 0) is 11.8 Å². The zero-order chi connectivity index (χ0) is 21.3. The average molecular weight is 434 g/mol. The summed E-state index contributed by atoms with van der Waals surface area (Å²) < 4.78 is 21.3. The number of aryl methyl sites for hydroxylation is 1. The highest BCUT2D eigenvalue weighted by Gasteiger charge is 2.30. The number of rotatable bonds is 5. The van der Waals surface area contributed by atoms with Gasteiger partial charge in [0.25, 0.3) is 5.56 Å². The first kappa shape index (κ1) is 20.7. The second-order valence-electron chi connectivity index (χ2n) is 7.18. The quantitative estimate of drug-likeness (QED) is 0.451. The molecule has 1 fully saturated rings. The first-order valence-corrected chi connectivity index (χ1v) is 10.4. The van der Waals surface area contributed by atoms with Gasteiger partial charge in [0, 0.05) is 24.7 Å². The number of anilines is 1. The molecule has 4 heterocycles. The number of aromatic amines is 1. The Kier molecular flexibility index (Phi) is 5.95. The Labute approximate surface area is 175 Å². The predicted molar refractivity (Wildman–Crippen MR) is 111 cm³/mol. The lowest BCUT2D eigenvalue weighted by Gasteiger charge is -2.19. The van der Waals surface area contributed by atoms with Crippen LogP contribution in [0.25, 0.3) is 10.6 Å². The summed E-state index contributed by atoms with van der Waals surface area (Å²) in [4.78, 5) is 18.9. The lowest BCUT2D eigenvalue weighted by Crippen LogP contribution is -2.32. The number of alkyl halides is 1. The summed E-state index contributed by atoms with van der Waals surface area (Å²) in [5.74, 6) is 0. The Hall–Kier alpha value is -2.60. The van der Waals surface area contributed by atoms with Gasteiger partial charge in [-0.3, -0.25) is 9.48 Å². The maximum atomic E-state index is 13.9. The van der Waals surface area contributed by atoms with Crippen molar-refractivity contribution in [3.05, 3.63) is 51.6 Å². The van der Waals surface area contributed by atoms with Gasteiger partial charge in [0.1, 0.15) is 23.0 Å². The Bertz CT molecular complexity index is 1050. The van der Waals surface area contributed by atoms with Gasteiger partial charge in [0.2, 0.25) is 0 Å². The van der Waals surface area contributed by atoms with Crippen molar-refractivity contribution in [1.29, 1.82) is 0 Å². The van der Waals surface area contributed by atoms with Crippen LogP contribution in [-0.4, -0.2) is 43.7 Å². The molecule has 5 N–H and O–H groups in total. The Morgan fingerprint density at radius 1 is 1.50 bits per heavy atom. The highest BCUT2D eigenvalue weighted by atomic mass is 32.1. The molecule has 3 aromatic rings. The predicted octanol–water partition coefficient (Wildman–Crippen LogP) is 1.85. The third-order valence-corrected chi connectivity index (χ3v) is 6.01. The summed E-state index contributed by atoms with van der Waals surface area (Å²) in [7, 11) is 1.76. The number of aromatic nitrogens is 4. The van der Waals surface area contributed by atoms with Gasteiger partial charge in [0.05, 0.1) is 29.7 Å². The van der Waals surface area contributed by atoms with Gasteiger partial charge in [-0.15, -0.1) is 11.3 Å². The molecule has 1 saturated heterocycles. The molecule has 1 aliphatic heterocycles. The monoisotopic (exact) mass is 434 g/mol. The van der Waals surface area contributed by atoms with E-state index in [1.54, 1.807) is 41.6 Å². The molecule has 1 unspecified atom stereocenters. The minimum absolute atomic E-state index is 0.0833. The van der Waals surface area contributed by atoms with Crippen LogP contribution in [0.2, 0.25) is 0 Å². The highest BCUT2D eigenvalue weighted by molar-refractivity contribution is 7.13. The number of pyridine rings is 1. The van der Waals surface area contributed by atoms with E-state index in [1.807, 2.05) is 0 Å². The number of nitrogens with two attached hydrogens (primary N) is 1. The Balaban J connectivity index is 1.53. The topological polar surface area (TPSA) is 131 Å². The number of nitrogens with one attached hydrogen (secondary N) is 2. The number of halogens is 1. The molecule has 0 aliphatic carbocycles. The minimum Gasteiger partial charge on any atom is -0.369 e. The van der Waals surface area contributed by atoms with Gasteiger partial charge in [-0.05, 0) is 25.0 Å². The first-order valence-electron chi connectivity index (χ1n) is 9.55. The molecule has 11 heteroatoms. The van der Waals surface area contributed by atoms with Crippen LogP contribution in [0.5, 0.6) is 0 Å². The van der Waals surface area contributed by atoms with Crippen LogP contribution in [0.4, 0.5) is 10.1 Å². The number of ether oxygens (including phenoxy) is 1. The number of nitrogens with zero attached hydrogens (tertiary/aromatic N) is 3. The molecule has 9 nitrogen and oxygen atoms in total. The van der Waals surface area contributed by atoms with Crippen molar-refractivity contribution in [2.45, 2.75) is 37.4 Å². The van der Waals surface area contributed by atoms with E-state index in [2.05, 4.69) is 20.4 Å². The van der Waals surface area contributed by atoms with Crippen LogP contribution in [0, 0.1) is 0 Å². The molecule has 1 aliphatic rings. The number of thiazole rings is 1. The summed E-state index contributed by atoms with van der Waals surface area (Å²) in [6.07, 6.45) is 1.43. The number of aliphatic hydroxyl groups excluding tert-OH is 1. The Morgan fingerprint density at radius 2 is 2.33 bits per heavy atom. The molecule has 4 atom stereocenters. The van der Waals surface area contributed by atoms with E-state index in [4.69, 9.17) is 10.5 Å². The van der Waals surface area contributed by atoms with Crippen molar-refractivity contribution in [2.75, 3.05) is 11.9 Å². The van der Waals surface area contributed by atoms with Crippen molar-refractivity contribution in [3.8, 4) is 10.6 Å². The fourth-order valence-corrected chi connectivity index (χ4v) is 4.30. The number of H-pyrrole nitrogens is 1. The maximum absolute atomic E-state index is 13.9. The number of aliphatic hydroxyl groups is 1. The van der Waals surface area contributed by atoms with Crippen LogP contribution in [0.1, 0.15) is 36.6 Å². The van der Waals surface area contributed by atoms with E-state index >= 15 is 0 Å². The maximum Gasteiger partial charge on any atom is 0.258 e. The highest BCUT2D eigenvalue weighted by Crippen LogP contribution is 2.34. The molecule has 0 radical (unpaired) electrons. The van der Waals surface area contributed by atoms with Gasteiger partial charge in [0.15, 0.2) is 6.23 Å². The normalized spacial score (nSPS) is 23.1. The summed E-state index contributed by atoms with van der Waals surface area (Å²) in [6, 6.07) is 2.83. The second kappa shape index (κ2) is 8.64. The number of hydrogen-bond donors (Lipinski definition) is 4. The molecule has 3 aromatic heterocycles. The van der Waals surface area contributed by atoms with Crippen molar-refractivity contribution in [1.82, 2.24) is 19.7 Å². The minimum atomic E-state index is -1.21. The van der Waals surface area contributed by atoms with Gasteiger partial charge in [-0.1, -0.05) is 0 Å². The molecular weight excluding hydrogens is 411 g/mol. The summed E-state index contributed by atoms with van der Waals surface area (Å²) in [6.45, 7) is -0.0833. The van der Waals surface area contributed by atoms with Crippen molar-refractivity contribution in [3.63, 3.8) is 0 Å². The molecular formula is C19H23FN6O3S. The van der Waals surface area contributed by atoms with Gasteiger partial charge < -0.3 is 25.9 Å². The average Bonchev–Trinajstić information content (AvgIpc) is 3.32. The van der Waals surface area contributed by atoms with E-state index in [9.17, 15) is 14.3 Å². The molecule has 0 spiro atoms. The van der Waals surface area contributed by atoms with Crippen LogP contribution in [0.3, 0.4) is 0 Å². The SMILES string of the molecule is Cn1ncc(NC(O)c2csc(-c3ccc[nH]c3=O)n2)c1[C@@H]1CC[C@@H](N)[C@H](F)CO1. The van der Waals surface area contributed by atoms with Gasteiger partial charge in [-0.25, -0.2) is 9.37 Å². The number of hydrogen-bond acceptors (Lipinski definition) is 8. The van der Waals surface area contributed by atoms with Crippen molar-refractivity contribution < 1.29 is 14.2 Å². The third kappa shape index (κ3) is 4.15. The summed E-state index contributed by atoms with van der Waals surface area (Å²) in [5.41, 5.74) is 7.65. The zero-order valence-corrected chi connectivity index (χ0v) is 17.1. The molecule has 0 amide bonds. The fraction of sp³-hybridized carbons (Fsp3) is 0.421. The van der Waals surface area contributed by atoms with E-state index in [0.717, 1.165) is 0 Å². The van der Waals surface area contributed by atoms with Crippen LogP contribution in [0.15, 0.2) is 34.7 Å². The van der Waals surface area contributed by atoms with Crippen LogP contribution >= 0.6 is 11.3 Å². The molecule has 0 bridgehead atoms. The Morgan fingerprint density at radius 3 is 3.13 bits per heavy atom. The zero-order valence-electron chi connectivity index (χ0n) is 16.3. The van der Waals surface area contributed by atoms with Crippen LogP contribution < -0.4 is 16.6 Å². The largest absolute Gasteiger partial charge is 0.369 e. The van der Waals surface area contributed by atoms with E-state index in [-0.39, 0.29) is 12.2 Å². The second-order valence-corrected chi connectivity index (χ2v) is 8.04. The molecule has 160 valence electrons. The third-order valence-electron chi connectivity index (χ3n) is 5.12. The standard InChI is InChI=1S/C19H23FN6O3S/c1-26-16(15-5-4-12(21)11(20)8-29-15)13(7-23-26)24-18(28)14-9-30-19(25-14)10-3-2-6-22-17(10)27/h2-3,6-7,9,11-12,15,18,24,28H,4-5,8,21H2,1H3,(H,22,27)/t11-,12-,15+,18?/m1/s1. The van der Waals surface area contributed by atoms with Crippen molar-refractivity contribution >= 4 is 17.0 Å². The molecule has 0 aromatic carbocycles. The van der Waals surface area contributed by atoms with E-state index < -0.39 is 24.5 Å². The van der Waals surface area contributed by atoms with Gasteiger partial charge in [-0.2, -0.15) is 5.10 Å². The lowest BCUT2D eigenvalue weighted by atomic mass is 10.0. The molecule has 4 rings (SSSR count). The molecule has 0 saturated carbocycles. The van der Waals surface area contributed by atoms with E-state index in [0.29, 0.717) is 40.5 Å². The summed E-state index contributed by atoms with van der Waals surface area (Å²) >= 11 is 1.26. The smallest absolute Gasteiger partial charge is 0.258 e. The fourth-order valence-electron chi connectivity index (χ4n) is 3.44. The van der Waals surface area contributed by atoms with Crippen molar-refractivity contribution in [2.24, 2.45) is 12.8 Å². The van der Waals surface area contributed by atoms with Gasteiger partial charge >= 0.3 is 0 Å².